The van der Waals surface area contributed by atoms with Crippen molar-refractivity contribution in [2.24, 2.45) is 11.0 Å². The quantitative estimate of drug-likeness (QED) is 0.487. The molecule has 0 aromatic heterocycles. The van der Waals surface area contributed by atoms with Gasteiger partial charge in [0.2, 0.25) is 0 Å². The first-order chi connectivity index (χ1) is 12.9. The van der Waals surface area contributed by atoms with Crippen LogP contribution in [0.25, 0.3) is 0 Å². The highest BCUT2D eigenvalue weighted by Crippen LogP contribution is 2.27. The Bertz CT molecular complexity index is 933. The lowest BCUT2D eigenvalue weighted by Gasteiger charge is -2.09. The number of carbonyl (C=O) groups is 3. The Hall–Kier alpha value is -2.99. The van der Waals surface area contributed by atoms with E-state index in [2.05, 4.69) is 10.5 Å². The van der Waals surface area contributed by atoms with Gasteiger partial charge in [-0.2, -0.15) is 5.10 Å². The number of rotatable bonds is 5. The summed E-state index contributed by atoms with van der Waals surface area (Å²) in [5, 5.41) is 4.49. The van der Waals surface area contributed by atoms with E-state index in [0.717, 1.165) is 5.56 Å². The highest BCUT2D eigenvalue weighted by atomic mass is 35.5. The topological polar surface area (TPSA) is 84.8 Å². The second-order valence-electron chi connectivity index (χ2n) is 6.19. The van der Waals surface area contributed by atoms with Crippen molar-refractivity contribution in [1.29, 1.82) is 0 Å². The van der Waals surface area contributed by atoms with Crippen molar-refractivity contribution in [3.8, 4) is 5.75 Å². The van der Waals surface area contributed by atoms with Crippen molar-refractivity contribution in [3.05, 3.63) is 64.2 Å². The number of benzene rings is 2. The monoisotopic (exact) mass is 384 g/mol. The summed E-state index contributed by atoms with van der Waals surface area (Å²) in [5.41, 5.74) is 4.12. The van der Waals surface area contributed by atoms with E-state index in [1.807, 2.05) is 6.92 Å². The van der Waals surface area contributed by atoms with Crippen molar-refractivity contribution in [1.82, 2.24) is 5.43 Å². The van der Waals surface area contributed by atoms with E-state index < -0.39 is 11.8 Å². The molecule has 1 amide bonds. The fourth-order valence-electron chi connectivity index (χ4n) is 2.89. The van der Waals surface area contributed by atoms with Crippen LogP contribution in [-0.4, -0.2) is 29.8 Å². The molecule has 1 N–H and O–H groups in total. The average molecular weight is 385 g/mol. The van der Waals surface area contributed by atoms with Gasteiger partial charge in [0.05, 0.1) is 5.71 Å². The van der Waals surface area contributed by atoms with Crippen LogP contribution in [0.4, 0.5) is 0 Å². The maximum Gasteiger partial charge on any atom is 0.277 e. The van der Waals surface area contributed by atoms with Gasteiger partial charge in [0.15, 0.2) is 18.2 Å². The Morgan fingerprint density at radius 3 is 2.37 bits per heavy atom. The number of fused-ring (bicyclic) bond motifs is 1. The van der Waals surface area contributed by atoms with Gasteiger partial charge in [-0.05, 0) is 37.6 Å². The van der Waals surface area contributed by atoms with E-state index >= 15 is 0 Å². The molecule has 0 saturated heterocycles. The van der Waals surface area contributed by atoms with Crippen LogP contribution in [0.3, 0.4) is 0 Å². The van der Waals surface area contributed by atoms with Gasteiger partial charge < -0.3 is 4.74 Å². The number of hydrogen-bond donors (Lipinski definition) is 1. The number of hydrazone groups is 1. The zero-order valence-electron chi connectivity index (χ0n) is 14.8. The molecule has 0 heterocycles. The number of ketones is 2. The summed E-state index contributed by atoms with van der Waals surface area (Å²) >= 11 is 5.88. The molecule has 3 rings (SSSR count). The maximum absolute atomic E-state index is 12.4. The molecular weight excluding hydrogens is 368 g/mol. The Labute approximate surface area is 161 Å². The third kappa shape index (κ3) is 3.90. The third-order valence-electron chi connectivity index (χ3n) is 4.25. The van der Waals surface area contributed by atoms with Gasteiger partial charge in [-0.15, -0.1) is 0 Å². The lowest BCUT2D eigenvalue weighted by molar-refractivity contribution is -0.123. The molecule has 0 saturated carbocycles. The number of nitrogens with zero attached hydrogens (tertiary/aromatic N) is 1. The minimum absolute atomic E-state index is 0.234. The highest BCUT2D eigenvalue weighted by molar-refractivity contribution is 6.36. The maximum atomic E-state index is 12.4. The normalized spacial score (nSPS) is 14.3. The molecule has 0 radical (unpaired) electrons. The van der Waals surface area contributed by atoms with E-state index in [-0.39, 0.29) is 23.9 Å². The van der Waals surface area contributed by atoms with E-state index in [4.69, 9.17) is 16.3 Å². The zero-order valence-corrected chi connectivity index (χ0v) is 15.5. The lowest BCUT2D eigenvalue weighted by Crippen LogP contribution is -2.29. The number of aryl methyl sites for hydroxylation is 1. The predicted octanol–water partition coefficient (Wildman–Crippen LogP) is 3.21. The Balaban J connectivity index is 1.61. The van der Waals surface area contributed by atoms with E-state index in [0.29, 0.717) is 21.9 Å². The van der Waals surface area contributed by atoms with Crippen LogP contribution < -0.4 is 10.2 Å². The van der Waals surface area contributed by atoms with Crippen molar-refractivity contribution in [3.63, 3.8) is 0 Å². The summed E-state index contributed by atoms with van der Waals surface area (Å²) in [5.74, 6) is -1.58. The number of amides is 1. The first-order valence-corrected chi connectivity index (χ1v) is 8.65. The van der Waals surface area contributed by atoms with Gasteiger partial charge >= 0.3 is 0 Å². The fraction of sp³-hybridized carbons (Fsp3) is 0.200. The minimum Gasteiger partial charge on any atom is -0.483 e. The summed E-state index contributed by atoms with van der Waals surface area (Å²) in [7, 11) is 0. The van der Waals surface area contributed by atoms with E-state index in [9.17, 15) is 14.4 Å². The van der Waals surface area contributed by atoms with Crippen LogP contribution in [0, 0.1) is 12.8 Å². The van der Waals surface area contributed by atoms with Crippen LogP contribution >= 0.6 is 11.6 Å². The van der Waals surface area contributed by atoms with Crippen molar-refractivity contribution in [2.45, 2.75) is 13.8 Å². The summed E-state index contributed by atoms with van der Waals surface area (Å²) in [6.45, 7) is 3.10. The standard InChI is InChI=1S/C20H17ClN2O4/c1-11-9-13(21)7-8-16(11)27-10-17(24)23-22-12(2)18-19(25)14-5-3-4-6-15(14)20(18)26/h3-9,18H,10H2,1-2H3,(H,23,24)/b22-12-. The Morgan fingerprint density at radius 1 is 1.15 bits per heavy atom. The average Bonchev–Trinajstić information content (AvgIpc) is 2.90. The van der Waals surface area contributed by atoms with E-state index in [1.54, 1.807) is 42.5 Å². The number of hydrogen-bond acceptors (Lipinski definition) is 5. The van der Waals surface area contributed by atoms with Gasteiger partial charge in [-0.3, -0.25) is 14.4 Å². The van der Waals surface area contributed by atoms with Gasteiger partial charge in [-0.1, -0.05) is 35.9 Å². The SMILES string of the molecule is C/C(=N/NC(=O)COc1ccc(Cl)cc1C)C1C(=O)c2ccccc2C1=O. The lowest BCUT2D eigenvalue weighted by atomic mass is 9.99. The summed E-state index contributed by atoms with van der Waals surface area (Å²) in [6.07, 6.45) is 0. The number of Topliss-reactive ketones (excluding diaryl/α,β-unsaturated/α-hetero) is 2. The smallest absolute Gasteiger partial charge is 0.277 e. The molecule has 1 aliphatic rings. The molecule has 6 nitrogen and oxygen atoms in total. The molecule has 0 unspecified atom stereocenters. The second kappa shape index (κ2) is 7.72. The number of nitrogens with one attached hydrogen (secondary N) is 1. The molecule has 0 spiro atoms. The Kier molecular flexibility index (Phi) is 5.37. The molecule has 2 aromatic rings. The summed E-state index contributed by atoms with van der Waals surface area (Å²) < 4.78 is 5.43. The molecule has 2 aromatic carbocycles. The van der Waals surface area contributed by atoms with Crippen molar-refractivity contribution in [2.75, 3.05) is 6.61 Å². The first-order valence-electron chi connectivity index (χ1n) is 8.28. The number of halogens is 1. The second-order valence-corrected chi connectivity index (χ2v) is 6.63. The molecule has 1 aliphatic carbocycles. The summed E-state index contributed by atoms with van der Waals surface area (Å²) in [6, 6.07) is 11.7. The molecule has 27 heavy (non-hydrogen) atoms. The summed E-state index contributed by atoms with van der Waals surface area (Å²) in [4.78, 5) is 36.8. The van der Waals surface area contributed by atoms with Crippen LogP contribution in [0.15, 0.2) is 47.6 Å². The molecule has 0 aliphatic heterocycles. The van der Waals surface area contributed by atoms with Crippen LogP contribution in [-0.2, 0) is 4.79 Å². The molecule has 138 valence electrons. The molecular formula is C20H17ClN2O4. The number of ether oxygens (including phenoxy) is 1. The highest BCUT2D eigenvalue weighted by Gasteiger charge is 2.40. The van der Waals surface area contributed by atoms with Crippen molar-refractivity contribution < 1.29 is 19.1 Å². The molecule has 0 bridgehead atoms. The molecule has 7 heteroatoms. The fourth-order valence-corrected chi connectivity index (χ4v) is 3.11. The van der Waals surface area contributed by atoms with Gasteiger partial charge in [0, 0.05) is 16.1 Å². The molecule has 0 fully saturated rings. The number of carbonyl (C=O) groups excluding carboxylic acids is 3. The third-order valence-corrected chi connectivity index (χ3v) is 4.49. The van der Waals surface area contributed by atoms with Gasteiger partial charge in [0.25, 0.3) is 5.91 Å². The van der Waals surface area contributed by atoms with Crippen LogP contribution in [0.1, 0.15) is 33.2 Å². The predicted molar refractivity (Wildman–Crippen MR) is 102 cm³/mol. The molecule has 0 atom stereocenters. The largest absolute Gasteiger partial charge is 0.483 e. The zero-order chi connectivity index (χ0) is 19.6. The van der Waals surface area contributed by atoms with Crippen molar-refractivity contribution >= 4 is 34.8 Å². The van der Waals surface area contributed by atoms with E-state index in [1.165, 1.54) is 6.92 Å². The van der Waals surface area contributed by atoms with Gasteiger partial charge in [-0.25, -0.2) is 5.43 Å². The first kappa shape index (κ1) is 18.8. The minimum atomic E-state index is -0.998. The van der Waals surface area contributed by atoms with Gasteiger partial charge in [0.1, 0.15) is 11.7 Å². The van der Waals surface area contributed by atoms with Crippen LogP contribution in [0.5, 0.6) is 5.75 Å². The Morgan fingerprint density at radius 2 is 1.78 bits per heavy atom. The van der Waals surface area contributed by atoms with Crippen LogP contribution in [0.2, 0.25) is 5.02 Å².